The third-order valence-electron chi connectivity index (χ3n) is 2.92. The van der Waals surface area contributed by atoms with Crippen LogP contribution in [0.15, 0.2) is 48.6 Å². The first-order valence-electron chi connectivity index (χ1n) is 7.67. The highest BCUT2D eigenvalue weighted by Gasteiger charge is 1.97. The van der Waals surface area contributed by atoms with Gasteiger partial charge in [-0.1, -0.05) is 62.0 Å². The van der Waals surface area contributed by atoms with Gasteiger partial charge in [0.15, 0.2) is 0 Å². The van der Waals surface area contributed by atoms with Crippen molar-refractivity contribution in [2.45, 2.75) is 57.7 Å². The van der Waals surface area contributed by atoms with Crippen molar-refractivity contribution in [3.05, 3.63) is 48.6 Å². The third-order valence-corrected chi connectivity index (χ3v) is 2.92. The highest BCUT2D eigenvalue weighted by Crippen LogP contribution is 2.03. The summed E-state index contributed by atoms with van der Waals surface area (Å²) in [6.07, 6.45) is 19.7. The fourth-order valence-electron chi connectivity index (χ4n) is 1.59. The van der Waals surface area contributed by atoms with Gasteiger partial charge in [-0.25, -0.2) is 0 Å². The van der Waals surface area contributed by atoms with Crippen LogP contribution in [-0.4, -0.2) is 28.7 Å². The molecule has 0 amide bonds. The smallest absolute Gasteiger partial charge is 0.119 e. The lowest BCUT2D eigenvalue weighted by molar-refractivity contribution is -0.107. The highest BCUT2D eigenvalue weighted by atomic mass is 16.3. The minimum atomic E-state index is -0.435. The molecule has 118 valence electrons. The van der Waals surface area contributed by atoms with Crippen LogP contribution in [0.1, 0.15) is 45.4 Å². The molecule has 0 rings (SSSR count). The van der Waals surface area contributed by atoms with Crippen LogP contribution >= 0.6 is 0 Å². The number of carbonyl (C=O) groups is 1. The summed E-state index contributed by atoms with van der Waals surface area (Å²) >= 11 is 0. The first-order chi connectivity index (χ1) is 10.2. The fraction of sp³-hybridized carbons (Fsp3) is 0.500. The zero-order valence-corrected chi connectivity index (χ0v) is 12.9. The molecule has 2 N–H and O–H groups in total. The van der Waals surface area contributed by atoms with E-state index in [-0.39, 0.29) is 6.10 Å². The summed E-state index contributed by atoms with van der Waals surface area (Å²) in [5.41, 5.74) is 0. The Morgan fingerprint density at radius 1 is 0.905 bits per heavy atom. The molecule has 0 bridgehead atoms. The summed E-state index contributed by atoms with van der Waals surface area (Å²) in [5.74, 6) is 0. The summed E-state index contributed by atoms with van der Waals surface area (Å²) in [7, 11) is 0. The van der Waals surface area contributed by atoms with Crippen molar-refractivity contribution in [2.24, 2.45) is 0 Å². The van der Waals surface area contributed by atoms with Gasteiger partial charge in [0.1, 0.15) is 6.29 Å². The van der Waals surface area contributed by atoms with Gasteiger partial charge in [0.05, 0.1) is 12.2 Å². The predicted octanol–water partition coefficient (Wildman–Crippen LogP) is 3.49. The van der Waals surface area contributed by atoms with Crippen LogP contribution in [0.5, 0.6) is 0 Å². The Bertz CT molecular complexity index is 353. The Labute approximate surface area is 128 Å². The SMILES string of the molecule is CCC(O)/C=C/C=C\C/C=C\C=C/C(O)CCCCC=O. The van der Waals surface area contributed by atoms with E-state index in [0.29, 0.717) is 12.8 Å². The molecule has 3 heteroatoms. The monoisotopic (exact) mass is 292 g/mol. The zero-order chi connectivity index (χ0) is 15.8. The lowest BCUT2D eigenvalue weighted by atomic mass is 10.1. The lowest BCUT2D eigenvalue weighted by Crippen LogP contribution is -2.01. The van der Waals surface area contributed by atoms with Crippen LogP contribution in [0.2, 0.25) is 0 Å². The normalized spacial score (nSPS) is 15.6. The van der Waals surface area contributed by atoms with Gasteiger partial charge in [0.2, 0.25) is 0 Å². The predicted molar refractivity (Wildman–Crippen MR) is 88.0 cm³/mol. The maximum Gasteiger partial charge on any atom is 0.119 e. The van der Waals surface area contributed by atoms with Crippen LogP contribution in [0.3, 0.4) is 0 Å². The maximum atomic E-state index is 10.1. The number of aliphatic hydroxyl groups excluding tert-OH is 2. The molecule has 2 unspecified atom stereocenters. The number of aldehydes is 1. The number of allylic oxidation sites excluding steroid dienone is 6. The van der Waals surface area contributed by atoms with E-state index >= 15 is 0 Å². The molecule has 0 aromatic heterocycles. The van der Waals surface area contributed by atoms with Crippen LogP contribution in [0, 0.1) is 0 Å². The quantitative estimate of drug-likeness (QED) is 0.329. The molecule has 0 aliphatic heterocycles. The average molecular weight is 292 g/mol. The number of unbranched alkanes of at least 4 members (excludes halogenated alkanes) is 2. The number of hydrogen-bond acceptors (Lipinski definition) is 3. The number of rotatable bonds is 12. The largest absolute Gasteiger partial charge is 0.389 e. The van der Waals surface area contributed by atoms with E-state index in [1.54, 1.807) is 12.2 Å². The van der Waals surface area contributed by atoms with E-state index in [2.05, 4.69) is 0 Å². The maximum absolute atomic E-state index is 10.1. The molecule has 0 spiro atoms. The van der Waals surface area contributed by atoms with Crippen molar-refractivity contribution in [1.29, 1.82) is 0 Å². The van der Waals surface area contributed by atoms with Gasteiger partial charge < -0.3 is 15.0 Å². The molecule has 0 saturated carbocycles. The van der Waals surface area contributed by atoms with Gasteiger partial charge in [-0.05, 0) is 25.7 Å². The molecule has 0 aliphatic carbocycles. The van der Waals surface area contributed by atoms with Crippen molar-refractivity contribution in [1.82, 2.24) is 0 Å². The van der Waals surface area contributed by atoms with Gasteiger partial charge in [-0.3, -0.25) is 0 Å². The Balaban J connectivity index is 3.70. The van der Waals surface area contributed by atoms with Crippen LogP contribution in [0.25, 0.3) is 0 Å². The number of carbonyl (C=O) groups excluding carboxylic acids is 1. The van der Waals surface area contributed by atoms with Gasteiger partial charge >= 0.3 is 0 Å². The summed E-state index contributed by atoms with van der Waals surface area (Å²) in [6, 6.07) is 0. The van der Waals surface area contributed by atoms with Crippen LogP contribution < -0.4 is 0 Å². The average Bonchev–Trinajstić information content (AvgIpc) is 2.49. The molecule has 3 nitrogen and oxygen atoms in total. The van der Waals surface area contributed by atoms with Crippen molar-refractivity contribution in [3.8, 4) is 0 Å². The molecule has 0 radical (unpaired) electrons. The molecule has 0 aliphatic rings. The molecule has 2 atom stereocenters. The van der Waals surface area contributed by atoms with Gasteiger partial charge in [-0.2, -0.15) is 0 Å². The Hall–Kier alpha value is -1.45. The van der Waals surface area contributed by atoms with Crippen molar-refractivity contribution >= 4 is 6.29 Å². The van der Waals surface area contributed by atoms with Gasteiger partial charge in [-0.15, -0.1) is 0 Å². The Morgan fingerprint density at radius 2 is 1.52 bits per heavy atom. The third kappa shape index (κ3) is 14.8. The van der Waals surface area contributed by atoms with Gasteiger partial charge in [0.25, 0.3) is 0 Å². The lowest BCUT2D eigenvalue weighted by Gasteiger charge is -2.02. The second-order valence-electron chi connectivity index (χ2n) is 4.86. The summed E-state index contributed by atoms with van der Waals surface area (Å²) in [5, 5.41) is 18.9. The van der Waals surface area contributed by atoms with E-state index in [1.807, 2.05) is 43.4 Å². The highest BCUT2D eigenvalue weighted by molar-refractivity contribution is 5.48. The van der Waals surface area contributed by atoms with Gasteiger partial charge in [0, 0.05) is 6.42 Å². The van der Waals surface area contributed by atoms with Crippen LogP contribution in [0.4, 0.5) is 0 Å². The fourth-order valence-corrected chi connectivity index (χ4v) is 1.59. The minimum absolute atomic E-state index is 0.360. The van der Waals surface area contributed by atoms with E-state index in [4.69, 9.17) is 0 Å². The topological polar surface area (TPSA) is 57.5 Å². The Kier molecular flexibility index (Phi) is 13.9. The summed E-state index contributed by atoms with van der Waals surface area (Å²) in [6.45, 7) is 1.94. The van der Waals surface area contributed by atoms with E-state index < -0.39 is 6.10 Å². The standard InChI is InChI=1S/C18H28O3/c1-2-17(20)13-9-6-4-3-5-7-10-14-18(21)15-11-8-12-16-19/h4-7,9-10,13-14,16-18,20-21H,2-3,8,11-12,15H2,1H3/b6-4-,7-5-,13-9+,14-10-. The molecule has 0 saturated heterocycles. The number of hydrogen-bond donors (Lipinski definition) is 2. The summed E-state index contributed by atoms with van der Waals surface area (Å²) < 4.78 is 0. The second-order valence-corrected chi connectivity index (χ2v) is 4.86. The Morgan fingerprint density at radius 3 is 2.10 bits per heavy atom. The van der Waals surface area contributed by atoms with E-state index in [9.17, 15) is 15.0 Å². The van der Waals surface area contributed by atoms with Crippen molar-refractivity contribution < 1.29 is 15.0 Å². The molecule has 0 heterocycles. The van der Waals surface area contributed by atoms with Crippen LogP contribution in [-0.2, 0) is 4.79 Å². The first kappa shape index (κ1) is 19.6. The summed E-state index contributed by atoms with van der Waals surface area (Å²) in [4.78, 5) is 10.1. The minimum Gasteiger partial charge on any atom is -0.389 e. The van der Waals surface area contributed by atoms with Crippen molar-refractivity contribution in [2.75, 3.05) is 0 Å². The first-order valence-corrected chi connectivity index (χ1v) is 7.67. The molecule has 0 fully saturated rings. The van der Waals surface area contributed by atoms with E-state index in [0.717, 1.165) is 32.0 Å². The molecular weight excluding hydrogens is 264 g/mol. The zero-order valence-electron chi connectivity index (χ0n) is 12.9. The second kappa shape index (κ2) is 14.9. The molecule has 21 heavy (non-hydrogen) atoms. The molecule has 0 aromatic carbocycles. The number of aliphatic hydroxyl groups is 2. The van der Waals surface area contributed by atoms with E-state index in [1.165, 1.54) is 0 Å². The van der Waals surface area contributed by atoms with Crippen molar-refractivity contribution in [3.63, 3.8) is 0 Å². The molecule has 0 aromatic rings. The molecular formula is C18H28O3.